The Morgan fingerprint density at radius 3 is 2.71 bits per heavy atom. The van der Waals surface area contributed by atoms with Gasteiger partial charge in [-0.05, 0) is 18.2 Å². The summed E-state index contributed by atoms with van der Waals surface area (Å²) in [5.74, 6) is 0.577. The molecule has 0 bridgehead atoms. The predicted octanol–water partition coefficient (Wildman–Crippen LogP) is 2.59. The Labute approximate surface area is 99.8 Å². The Balaban J connectivity index is 2.17. The van der Waals surface area contributed by atoms with Crippen molar-refractivity contribution in [3.63, 3.8) is 0 Å². The largest absolute Gasteiger partial charge is 0.490 e. The lowest BCUT2D eigenvalue weighted by Gasteiger charge is -2.12. The van der Waals surface area contributed by atoms with E-state index in [2.05, 4.69) is 10.1 Å². The number of hydrogen-bond acceptors (Lipinski definition) is 2. The Morgan fingerprint density at radius 1 is 1.29 bits per heavy atom. The lowest BCUT2D eigenvalue weighted by atomic mass is 10.1. The van der Waals surface area contributed by atoms with Crippen molar-refractivity contribution in [2.24, 2.45) is 0 Å². The van der Waals surface area contributed by atoms with Crippen molar-refractivity contribution in [1.29, 1.82) is 0 Å². The second kappa shape index (κ2) is 5.14. The van der Waals surface area contributed by atoms with Crippen molar-refractivity contribution >= 4 is 11.4 Å². The van der Waals surface area contributed by atoms with E-state index in [0.29, 0.717) is 17.9 Å². The van der Waals surface area contributed by atoms with E-state index in [4.69, 9.17) is 10.3 Å². The molecule has 1 N–H and O–H groups in total. The smallest absolute Gasteiger partial charge is 0.337 e. The third-order valence-corrected chi connectivity index (χ3v) is 2.49. The van der Waals surface area contributed by atoms with E-state index >= 15 is 0 Å². The summed E-state index contributed by atoms with van der Waals surface area (Å²) in [4.78, 5) is 3.19. The molecule has 0 amide bonds. The van der Waals surface area contributed by atoms with Gasteiger partial charge in [-0.2, -0.15) is 4.79 Å². The van der Waals surface area contributed by atoms with Crippen LogP contribution in [0, 0.1) is 0 Å². The number of benzene rings is 1. The van der Waals surface area contributed by atoms with E-state index in [1.807, 2.05) is 42.5 Å². The maximum Gasteiger partial charge on any atom is 0.337 e. The summed E-state index contributed by atoms with van der Waals surface area (Å²) in [7, 11) is 1.56. The first-order valence-electron chi connectivity index (χ1n) is 5.32. The van der Waals surface area contributed by atoms with Crippen LogP contribution in [0.5, 0.6) is 0 Å². The molecule has 1 aliphatic rings. The van der Waals surface area contributed by atoms with Gasteiger partial charge in [0, 0.05) is 17.5 Å². The summed E-state index contributed by atoms with van der Waals surface area (Å²) in [6.07, 6.45) is 4.31. The number of nitrogens with one attached hydrogen (secondary N) is 1. The molecule has 0 spiro atoms. The molecule has 1 aromatic rings. The average Bonchev–Trinajstić information content (AvgIpc) is 2.40. The van der Waals surface area contributed by atoms with Crippen molar-refractivity contribution in [2.75, 3.05) is 12.4 Å². The number of rotatable bonds is 3. The van der Waals surface area contributed by atoms with Crippen LogP contribution in [-0.4, -0.2) is 17.6 Å². The molecule has 17 heavy (non-hydrogen) atoms. The van der Waals surface area contributed by atoms with Gasteiger partial charge in [0.2, 0.25) is 5.76 Å². The predicted molar refractivity (Wildman–Crippen MR) is 66.5 cm³/mol. The van der Waals surface area contributed by atoms with E-state index < -0.39 is 0 Å². The molecule has 4 heteroatoms. The van der Waals surface area contributed by atoms with E-state index in [0.717, 1.165) is 11.4 Å². The summed E-state index contributed by atoms with van der Waals surface area (Å²) >= 11 is 0. The van der Waals surface area contributed by atoms with Gasteiger partial charge in [-0.15, -0.1) is 0 Å². The molecule has 1 aromatic carbocycles. The van der Waals surface area contributed by atoms with Gasteiger partial charge in [-0.3, -0.25) is 0 Å². The second-order valence-electron chi connectivity index (χ2n) is 3.61. The van der Waals surface area contributed by atoms with Gasteiger partial charge in [0.05, 0.1) is 13.5 Å². The van der Waals surface area contributed by atoms with E-state index in [9.17, 15) is 0 Å². The van der Waals surface area contributed by atoms with Gasteiger partial charge < -0.3 is 15.6 Å². The molecule has 4 nitrogen and oxygen atoms in total. The monoisotopic (exact) mass is 227 g/mol. The van der Waals surface area contributed by atoms with Crippen LogP contribution in [0.25, 0.3) is 5.53 Å². The molecule has 0 radical (unpaired) electrons. The summed E-state index contributed by atoms with van der Waals surface area (Å²) in [6.45, 7) is 0. The number of nitrogens with zero attached hydrogens (tertiary/aromatic N) is 2. The van der Waals surface area contributed by atoms with Crippen molar-refractivity contribution in [3.05, 3.63) is 59.5 Å². The minimum absolute atomic E-state index is 0.533. The van der Waals surface area contributed by atoms with Gasteiger partial charge in [-0.1, -0.05) is 18.2 Å². The fourth-order valence-electron chi connectivity index (χ4n) is 1.63. The van der Waals surface area contributed by atoms with Gasteiger partial charge in [-0.25, -0.2) is 0 Å². The van der Waals surface area contributed by atoms with Crippen LogP contribution in [-0.2, 0) is 4.74 Å². The molecule has 1 aliphatic carbocycles. The van der Waals surface area contributed by atoms with Crippen LogP contribution in [0.3, 0.4) is 0 Å². The quantitative estimate of drug-likeness (QED) is 0.637. The lowest BCUT2D eigenvalue weighted by molar-refractivity contribution is -0.0109. The zero-order chi connectivity index (χ0) is 12.1. The molecule has 0 heterocycles. The lowest BCUT2D eigenvalue weighted by Crippen LogP contribution is -2.12. The maximum absolute atomic E-state index is 8.79. The fourth-order valence-corrected chi connectivity index (χ4v) is 1.63. The first kappa shape index (κ1) is 11.2. The fraction of sp³-hybridized carbons (Fsp3) is 0.154. The topological polar surface area (TPSA) is 57.7 Å². The number of para-hydroxylation sites is 1. The second-order valence-corrected chi connectivity index (χ2v) is 3.61. The van der Waals surface area contributed by atoms with E-state index in [-0.39, 0.29) is 0 Å². The number of anilines is 1. The van der Waals surface area contributed by atoms with Gasteiger partial charge in [0.15, 0.2) is 0 Å². The molecule has 0 saturated heterocycles. The highest BCUT2D eigenvalue weighted by atomic mass is 16.5. The summed E-state index contributed by atoms with van der Waals surface area (Å²) in [5, 5.41) is 3.26. The zero-order valence-electron chi connectivity index (χ0n) is 9.55. The van der Waals surface area contributed by atoms with Crippen LogP contribution >= 0.6 is 0 Å². The van der Waals surface area contributed by atoms with Crippen molar-refractivity contribution < 1.29 is 9.53 Å². The summed E-state index contributed by atoms with van der Waals surface area (Å²) in [5.41, 5.74) is 11.3. The molecule has 2 rings (SSSR count). The van der Waals surface area contributed by atoms with E-state index in [1.165, 1.54) is 0 Å². The molecular weight excluding hydrogens is 214 g/mol. The molecule has 0 aromatic heterocycles. The highest BCUT2D eigenvalue weighted by Crippen LogP contribution is 2.17. The summed E-state index contributed by atoms with van der Waals surface area (Å²) < 4.78 is 5.15. The van der Waals surface area contributed by atoms with E-state index in [1.54, 1.807) is 7.11 Å². The maximum atomic E-state index is 8.79. The van der Waals surface area contributed by atoms with Crippen molar-refractivity contribution in [1.82, 2.24) is 0 Å². The van der Waals surface area contributed by atoms with Gasteiger partial charge in [0.1, 0.15) is 0 Å². The summed E-state index contributed by atoms with van der Waals surface area (Å²) in [6, 6.07) is 9.86. The number of ether oxygens (including phenoxy) is 1. The van der Waals surface area contributed by atoms with Crippen LogP contribution in [0.2, 0.25) is 0 Å². The van der Waals surface area contributed by atoms with Crippen molar-refractivity contribution in [3.8, 4) is 0 Å². The molecule has 0 aliphatic heterocycles. The highest BCUT2D eigenvalue weighted by molar-refractivity contribution is 5.97. The van der Waals surface area contributed by atoms with Crippen LogP contribution in [0.15, 0.2) is 53.9 Å². The first-order valence-corrected chi connectivity index (χ1v) is 5.32. The SMILES string of the molecule is COC1=CC(Nc2ccccc2)=CCC1=[N+]=[N-]. The minimum Gasteiger partial charge on any atom is -0.490 e. The minimum atomic E-state index is 0.533. The first-order chi connectivity index (χ1) is 8.33. The Morgan fingerprint density at radius 2 is 2.06 bits per heavy atom. The van der Waals surface area contributed by atoms with Crippen LogP contribution < -0.4 is 5.32 Å². The molecule has 0 fully saturated rings. The molecule has 86 valence electrons. The normalized spacial score (nSPS) is 14.5. The zero-order valence-corrected chi connectivity index (χ0v) is 9.55. The van der Waals surface area contributed by atoms with Crippen molar-refractivity contribution in [2.45, 2.75) is 6.42 Å². The molecule has 0 atom stereocenters. The Bertz CT molecular complexity index is 511. The number of allylic oxidation sites excluding steroid dienone is 3. The third kappa shape index (κ3) is 2.62. The molecule has 0 saturated carbocycles. The van der Waals surface area contributed by atoms with Crippen LogP contribution in [0.4, 0.5) is 5.69 Å². The molecular formula is C13H13N3O. The van der Waals surface area contributed by atoms with Crippen LogP contribution in [0.1, 0.15) is 6.42 Å². The standard InChI is InChI=1S/C13H13N3O/c1-17-13-9-11(7-8-12(13)16-14)15-10-5-3-2-4-6-10/h2-7,9,15H,8H2,1H3. The van der Waals surface area contributed by atoms with Gasteiger partial charge in [0.25, 0.3) is 0 Å². The van der Waals surface area contributed by atoms with Gasteiger partial charge >= 0.3 is 5.71 Å². The Kier molecular flexibility index (Phi) is 3.38. The third-order valence-electron chi connectivity index (χ3n) is 2.49. The number of hydrogen-bond donors (Lipinski definition) is 1. The average molecular weight is 227 g/mol. The molecule has 0 unspecified atom stereocenters. The Hall–Kier alpha value is -2.32. The number of methoxy groups -OCH3 is 1. The highest BCUT2D eigenvalue weighted by Gasteiger charge is 2.19.